The van der Waals surface area contributed by atoms with Crippen LogP contribution >= 0.6 is 0 Å². The zero-order valence-corrected chi connectivity index (χ0v) is 15.8. The number of nitrogens with zero attached hydrogens (tertiary/aromatic N) is 2. The normalized spacial score (nSPS) is 12.0. The molecule has 7 heteroatoms. The van der Waals surface area contributed by atoms with Gasteiger partial charge in [-0.2, -0.15) is 8.42 Å². The molecule has 0 bridgehead atoms. The lowest BCUT2D eigenvalue weighted by molar-refractivity contribution is 0.300. The lowest BCUT2D eigenvalue weighted by Gasteiger charge is -2.10. The molecule has 6 nitrogen and oxygen atoms in total. The highest BCUT2D eigenvalue weighted by atomic mass is 32.2. The van der Waals surface area contributed by atoms with Crippen molar-refractivity contribution in [2.75, 3.05) is 13.2 Å². The quantitative estimate of drug-likeness (QED) is 0.643. The van der Waals surface area contributed by atoms with Crippen molar-refractivity contribution >= 4 is 21.2 Å². The summed E-state index contributed by atoms with van der Waals surface area (Å²) < 4.78 is 31.9. The summed E-state index contributed by atoms with van der Waals surface area (Å²) >= 11 is 0. The Morgan fingerprint density at radius 3 is 2.46 bits per heavy atom. The fraction of sp³-hybridized carbons (Fsp3) is 0.316. The topological polar surface area (TPSA) is 87.2 Å². The lowest BCUT2D eigenvalue weighted by atomic mass is 10.2. The molecule has 0 aliphatic heterocycles. The van der Waals surface area contributed by atoms with E-state index < -0.39 is 10.1 Å². The molecular weight excluding hydrogens is 350 g/mol. The number of nitrogens with two attached hydrogens (primary N) is 1. The summed E-state index contributed by atoms with van der Waals surface area (Å²) in [6.45, 7) is 4.82. The van der Waals surface area contributed by atoms with Crippen LogP contribution in [0.2, 0.25) is 0 Å². The van der Waals surface area contributed by atoms with Gasteiger partial charge in [-0.3, -0.25) is 4.18 Å². The van der Waals surface area contributed by atoms with Gasteiger partial charge in [0.05, 0.1) is 22.5 Å². The number of benzene rings is 2. The van der Waals surface area contributed by atoms with E-state index in [9.17, 15) is 8.42 Å². The number of aryl methyl sites for hydroxylation is 2. The highest BCUT2D eigenvalue weighted by Crippen LogP contribution is 2.19. The second-order valence-corrected chi connectivity index (χ2v) is 7.92. The van der Waals surface area contributed by atoms with Gasteiger partial charge >= 0.3 is 0 Å². The van der Waals surface area contributed by atoms with Crippen molar-refractivity contribution in [2.24, 2.45) is 5.73 Å². The molecule has 2 N–H and O–H groups in total. The number of fused-ring (bicyclic) bond motifs is 1. The predicted octanol–water partition coefficient (Wildman–Crippen LogP) is 2.56. The maximum absolute atomic E-state index is 12.3. The largest absolute Gasteiger partial charge is 0.330 e. The fourth-order valence-corrected chi connectivity index (χ4v) is 3.77. The summed E-state index contributed by atoms with van der Waals surface area (Å²) in [5.41, 5.74) is 9.65. The van der Waals surface area contributed by atoms with Gasteiger partial charge in [-0.05, 0) is 50.2 Å². The van der Waals surface area contributed by atoms with Crippen LogP contribution in [0, 0.1) is 13.8 Å². The first-order chi connectivity index (χ1) is 12.4. The van der Waals surface area contributed by atoms with Gasteiger partial charge < -0.3 is 10.3 Å². The number of rotatable bonds is 7. The van der Waals surface area contributed by atoms with Gasteiger partial charge in [-0.15, -0.1) is 0 Å². The number of imidazole rings is 1. The molecule has 2 aromatic carbocycles. The zero-order chi connectivity index (χ0) is 18.7. The summed E-state index contributed by atoms with van der Waals surface area (Å²) in [6.07, 6.45) is 0.623. The van der Waals surface area contributed by atoms with Gasteiger partial charge in [0.1, 0.15) is 5.82 Å². The molecule has 138 valence electrons. The number of hydrogen-bond acceptors (Lipinski definition) is 5. The van der Waals surface area contributed by atoms with Crippen LogP contribution in [0.25, 0.3) is 11.0 Å². The molecule has 0 fully saturated rings. The molecule has 0 unspecified atom stereocenters. The van der Waals surface area contributed by atoms with Crippen LogP contribution in [0.1, 0.15) is 17.0 Å². The Balaban J connectivity index is 1.78. The smallest absolute Gasteiger partial charge is 0.297 e. The molecular formula is C19H23N3O3S. The van der Waals surface area contributed by atoms with Crippen LogP contribution in [0.4, 0.5) is 0 Å². The number of hydrogen-bond donors (Lipinski definition) is 1. The van der Waals surface area contributed by atoms with E-state index in [-0.39, 0.29) is 11.5 Å². The first kappa shape index (κ1) is 18.6. The van der Waals surface area contributed by atoms with Gasteiger partial charge in [-0.25, -0.2) is 4.98 Å². The highest BCUT2D eigenvalue weighted by molar-refractivity contribution is 7.86. The van der Waals surface area contributed by atoms with Gasteiger partial charge in [0.25, 0.3) is 10.1 Å². The Morgan fingerprint density at radius 2 is 1.77 bits per heavy atom. The van der Waals surface area contributed by atoms with Crippen molar-refractivity contribution in [3.63, 3.8) is 0 Å². The van der Waals surface area contributed by atoms with E-state index in [2.05, 4.69) is 4.98 Å². The Labute approximate surface area is 153 Å². The zero-order valence-electron chi connectivity index (χ0n) is 15.0. The molecule has 0 aliphatic rings. The van der Waals surface area contributed by atoms with Gasteiger partial charge in [0, 0.05) is 13.0 Å². The van der Waals surface area contributed by atoms with E-state index in [0.29, 0.717) is 19.5 Å². The van der Waals surface area contributed by atoms with Gasteiger partial charge in [-0.1, -0.05) is 23.8 Å². The van der Waals surface area contributed by atoms with Crippen molar-refractivity contribution in [1.82, 2.24) is 9.55 Å². The van der Waals surface area contributed by atoms with Crippen LogP contribution in [0.15, 0.2) is 47.4 Å². The van der Waals surface area contributed by atoms with E-state index in [0.717, 1.165) is 28.0 Å². The average molecular weight is 373 g/mol. The maximum Gasteiger partial charge on any atom is 0.297 e. The van der Waals surface area contributed by atoms with Crippen LogP contribution in [0.3, 0.4) is 0 Å². The Bertz CT molecular complexity index is 1010. The summed E-state index contributed by atoms with van der Waals surface area (Å²) in [7, 11) is -3.77. The second kappa shape index (κ2) is 7.57. The van der Waals surface area contributed by atoms with E-state index in [1.807, 2.05) is 36.6 Å². The SMILES string of the molecule is Cc1ccc(S(=O)(=O)OCCn2c(CCN)nc3cc(C)ccc32)cc1. The van der Waals surface area contributed by atoms with E-state index >= 15 is 0 Å². The van der Waals surface area contributed by atoms with Crippen molar-refractivity contribution in [1.29, 1.82) is 0 Å². The molecule has 1 aromatic heterocycles. The van der Waals surface area contributed by atoms with E-state index in [1.165, 1.54) is 0 Å². The Morgan fingerprint density at radius 1 is 1.08 bits per heavy atom. The van der Waals surface area contributed by atoms with Crippen molar-refractivity contribution in [3.05, 3.63) is 59.4 Å². The van der Waals surface area contributed by atoms with E-state index in [4.69, 9.17) is 9.92 Å². The summed E-state index contributed by atoms with van der Waals surface area (Å²) in [6, 6.07) is 12.6. The van der Waals surface area contributed by atoms with Crippen LogP contribution in [-0.4, -0.2) is 31.1 Å². The average Bonchev–Trinajstić information content (AvgIpc) is 2.92. The first-order valence-corrected chi connectivity index (χ1v) is 9.93. The third-order valence-corrected chi connectivity index (χ3v) is 5.54. The second-order valence-electron chi connectivity index (χ2n) is 6.30. The molecule has 0 saturated heterocycles. The minimum absolute atomic E-state index is 0.0348. The third kappa shape index (κ3) is 3.95. The molecule has 0 spiro atoms. The van der Waals surface area contributed by atoms with Crippen LogP contribution < -0.4 is 5.73 Å². The Hall–Kier alpha value is -2.22. The van der Waals surface area contributed by atoms with E-state index in [1.54, 1.807) is 24.3 Å². The molecule has 26 heavy (non-hydrogen) atoms. The maximum atomic E-state index is 12.3. The van der Waals surface area contributed by atoms with Crippen molar-refractivity contribution < 1.29 is 12.6 Å². The minimum Gasteiger partial charge on any atom is -0.330 e. The molecule has 0 amide bonds. The summed E-state index contributed by atoms with van der Waals surface area (Å²) in [5, 5.41) is 0. The first-order valence-electron chi connectivity index (χ1n) is 8.52. The molecule has 0 aliphatic carbocycles. The lowest BCUT2D eigenvalue weighted by Crippen LogP contribution is -2.15. The molecule has 3 aromatic rings. The minimum atomic E-state index is -3.77. The fourth-order valence-electron chi connectivity index (χ4n) is 2.87. The molecule has 0 radical (unpaired) electrons. The van der Waals surface area contributed by atoms with Crippen LogP contribution in [0.5, 0.6) is 0 Å². The number of aromatic nitrogens is 2. The highest BCUT2D eigenvalue weighted by Gasteiger charge is 2.16. The van der Waals surface area contributed by atoms with Crippen molar-refractivity contribution in [3.8, 4) is 0 Å². The van der Waals surface area contributed by atoms with Crippen molar-refractivity contribution in [2.45, 2.75) is 31.7 Å². The summed E-state index contributed by atoms with van der Waals surface area (Å²) in [5.74, 6) is 0.837. The summed E-state index contributed by atoms with van der Waals surface area (Å²) in [4.78, 5) is 4.79. The molecule has 0 atom stereocenters. The molecule has 1 heterocycles. The molecule has 0 saturated carbocycles. The Kier molecular flexibility index (Phi) is 5.41. The third-order valence-electron chi connectivity index (χ3n) is 4.21. The molecule has 3 rings (SSSR count). The van der Waals surface area contributed by atoms with Crippen LogP contribution in [-0.2, 0) is 27.3 Å². The monoisotopic (exact) mass is 373 g/mol. The standard InChI is InChI=1S/C19H23N3O3S/c1-14-3-6-16(7-4-14)26(23,24)25-12-11-22-18-8-5-15(2)13-17(18)21-19(22)9-10-20/h3-8,13H,9-12,20H2,1-2H3. The van der Waals surface area contributed by atoms with Gasteiger partial charge in [0.15, 0.2) is 0 Å². The van der Waals surface area contributed by atoms with Gasteiger partial charge in [0.2, 0.25) is 0 Å². The predicted molar refractivity (Wildman–Crippen MR) is 102 cm³/mol.